The van der Waals surface area contributed by atoms with E-state index in [1.807, 2.05) is 6.92 Å². The number of aliphatic imine (C=N–C) groups is 1. The molecule has 1 atom stereocenters. The van der Waals surface area contributed by atoms with Crippen molar-refractivity contribution in [1.29, 1.82) is 0 Å². The Balaban J connectivity index is 1.89. The van der Waals surface area contributed by atoms with Gasteiger partial charge in [-0.05, 0) is 32.1 Å². The first-order valence-corrected chi connectivity index (χ1v) is 10.7. The summed E-state index contributed by atoms with van der Waals surface area (Å²) in [6.45, 7) is 5.43. The number of guanidine groups is 1. The summed E-state index contributed by atoms with van der Waals surface area (Å²) in [4.78, 5) is 6.83. The van der Waals surface area contributed by atoms with Crippen LogP contribution in [0.3, 0.4) is 0 Å². The number of likely N-dealkylation sites (tertiary alicyclic amines) is 1. The number of halogens is 3. The number of hydrogen-bond donors (Lipinski definition) is 1. The lowest BCUT2D eigenvalue weighted by molar-refractivity contribution is -0.0496. The van der Waals surface area contributed by atoms with Gasteiger partial charge >= 0.3 is 15.5 Å². The quantitative estimate of drug-likeness (QED) is 0.527. The first-order valence-electron chi connectivity index (χ1n) is 9.27. The van der Waals surface area contributed by atoms with Crippen LogP contribution in [0, 0.1) is 11.8 Å². The second kappa shape index (κ2) is 9.42. The van der Waals surface area contributed by atoms with Gasteiger partial charge in [0.1, 0.15) is 0 Å². The largest absolute Gasteiger partial charge is 0.511 e. The van der Waals surface area contributed by atoms with Crippen molar-refractivity contribution >= 4 is 16.0 Å². The molecule has 2 rings (SSSR count). The molecule has 2 fully saturated rings. The normalized spacial score (nSPS) is 23.8. The molecule has 0 saturated carbocycles. The maximum absolute atomic E-state index is 12.6. The summed E-state index contributed by atoms with van der Waals surface area (Å²) in [6.07, 6.45) is 1.79. The summed E-state index contributed by atoms with van der Waals surface area (Å²) in [5, 5.41) is 3.26. The molecule has 0 spiro atoms. The molecule has 0 radical (unpaired) electrons. The smallest absolute Gasteiger partial charge is 0.384 e. The Morgan fingerprint density at radius 3 is 2.37 bits per heavy atom. The van der Waals surface area contributed by atoms with Crippen LogP contribution in [0.25, 0.3) is 0 Å². The molecule has 0 aromatic heterocycles. The minimum atomic E-state index is -5.23. The average Bonchev–Trinajstić information content (AvgIpc) is 3.07. The molecular formula is C16H29F3N4O3S. The van der Waals surface area contributed by atoms with Crippen LogP contribution in [0.4, 0.5) is 13.2 Å². The van der Waals surface area contributed by atoms with Crippen LogP contribution in [0.2, 0.25) is 0 Å². The predicted octanol–water partition coefficient (Wildman–Crippen LogP) is 1.48. The van der Waals surface area contributed by atoms with Gasteiger partial charge in [0, 0.05) is 52.3 Å². The van der Waals surface area contributed by atoms with Gasteiger partial charge in [-0.3, -0.25) is 4.99 Å². The van der Waals surface area contributed by atoms with Crippen molar-refractivity contribution in [1.82, 2.24) is 14.5 Å². The van der Waals surface area contributed by atoms with E-state index in [9.17, 15) is 21.6 Å². The van der Waals surface area contributed by atoms with Crippen LogP contribution >= 0.6 is 0 Å². The lowest BCUT2D eigenvalue weighted by atomic mass is 9.98. The van der Waals surface area contributed by atoms with E-state index in [0.29, 0.717) is 36.2 Å². The molecule has 2 heterocycles. The highest BCUT2D eigenvalue weighted by molar-refractivity contribution is 7.90. The summed E-state index contributed by atoms with van der Waals surface area (Å²) in [7, 11) is -3.53. The van der Waals surface area contributed by atoms with Gasteiger partial charge in [-0.25, -0.2) is 8.42 Å². The zero-order valence-corrected chi connectivity index (χ0v) is 16.7. The minimum Gasteiger partial charge on any atom is -0.384 e. The van der Waals surface area contributed by atoms with Crippen LogP contribution in [-0.4, -0.2) is 82.1 Å². The van der Waals surface area contributed by atoms with E-state index in [2.05, 4.69) is 15.2 Å². The fraction of sp³-hybridized carbons (Fsp3) is 0.938. The Hall–Kier alpha value is -1.07. The van der Waals surface area contributed by atoms with Crippen molar-refractivity contribution in [2.24, 2.45) is 16.8 Å². The van der Waals surface area contributed by atoms with E-state index >= 15 is 0 Å². The van der Waals surface area contributed by atoms with Crippen LogP contribution in [0.15, 0.2) is 4.99 Å². The van der Waals surface area contributed by atoms with E-state index in [1.54, 1.807) is 7.11 Å². The molecule has 27 heavy (non-hydrogen) atoms. The Labute approximate surface area is 159 Å². The first kappa shape index (κ1) is 22.2. The van der Waals surface area contributed by atoms with E-state index in [1.165, 1.54) is 0 Å². The number of alkyl halides is 3. The molecule has 1 N–H and O–H groups in total. The molecule has 0 aromatic rings. The highest BCUT2D eigenvalue weighted by Gasteiger charge is 2.50. The molecule has 0 aromatic carbocycles. The molecule has 0 bridgehead atoms. The molecule has 2 aliphatic heterocycles. The summed E-state index contributed by atoms with van der Waals surface area (Å²) >= 11 is 0. The fourth-order valence-corrected chi connectivity index (χ4v) is 4.50. The second-order valence-corrected chi connectivity index (χ2v) is 8.97. The molecule has 0 amide bonds. The standard InChI is InChI=1S/C16H29F3N4O3S/c1-3-20-15(22-7-4-14(11-22)12-26-2)21-10-13-5-8-23(9-6-13)27(24,25)16(17,18)19/h13-14H,3-12H2,1-2H3,(H,20,21). The third kappa shape index (κ3) is 5.71. The summed E-state index contributed by atoms with van der Waals surface area (Å²) < 4.78 is 66.6. The third-order valence-electron chi connectivity index (χ3n) is 5.03. The summed E-state index contributed by atoms with van der Waals surface area (Å²) in [5.74, 6) is 1.35. The van der Waals surface area contributed by atoms with Crippen LogP contribution in [0.5, 0.6) is 0 Å². The zero-order valence-electron chi connectivity index (χ0n) is 15.8. The highest BCUT2D eigenvalue weighted by Crippen LogP contribution is 2.30. The number of sulfonamides is 1. The highest BCUT2D eigenvalue weighted by atomic mass is 32.2. The predicted molar refractivity (Wildman–Crippen MR) is 96.8 cm³/mol. The Morgan fingerprint density at radius 2 is 1.81 bits per heavy atom. The molecule has 1 unspecified atom stereocenters. The maximum Gasteiger partial charge on any atom is 0.511 e. The topological polar surface area (TPSA) is 74.2 Å². The summed E-state index contributed by atoms with van der Waals surface area (Å²) in [5.41, 5.74) is -5.23. The van der Waals surface area contributed by atoms with Crippen molar-refractivity contribution < 1.29 is 26.3 Å². The monoisotopic (exact) mass is 414 g/mol. The van der Waals surface area contributed by atoms with Crippen molar-refractivity contribution in [3.63, 3.8) is 0 Å². The minimum absolute atomic E-state index is 0.0794. The van der Waals surface area contributed by atoms with Crippen LogP contribution < -0.4 is 5.32 Å². The van der Waals surface area contributed by atoms with E-state index in [4.69, 9.17) is 4.74 Å². The average molecular weight is 414 g/mol. The molecule has 2 saturated heterocycles. The number of nitrogens with zero attached hydrogens (tertiary/aromatic N) is 3. The van der Waals surface area contributed by atoms with Crippen molar-refractivity contribution in [2.75, 3.05) is 53.0 Å². The second-order valence-electron chi connectivity index (χ2n) is 7.04. The van der Waals surface area contributed by atoms with Crippen LogP contribution in [-0.2, 0) is 14.8 Å². The van der Waals surface area contributed by atoms with E-state index in [-0.39, 0.29) is 19.0 Å². The number of nitrogens with one attached hydrogen (secondary N) is 1. The lowest BCUT2D eigenvalue weighted by Gasteiger charge is -2.31. The molecule has 158 valence electrons. The Morgan fingerprint density at radius 1 is 1.19 bits per heavy atom. The first-order chi connectivity index (χ1) is 12.7. The maximum atomic E-state index is 12.6. The molecular weight excluding hydrogens is 385 g/mol. The van der Waals surface area contributed by atoms with E-state index < -0.39 is 15.5 Å². The Kier molecular flexibility index (Phi) is 7.75. The van der Waals surface area contributed by atoms with Gasteiger partial charge in [0.05, 0.1) is 6.61 Å². The summed E-state index contributed by atoms with van der Waals surface area (Å²) in [6, 6.07) is 0. The number of ether oxygens (including phenoxy) is 1. The van der Waals surface area contributed by atoms with Gasteiger partial charge < -0.3 is 15.0 Å². The molecule has 2 aliphatic rings. The molecule has 11 heteroatoms. The van der Waals surface area contributed by atoms with Gasteiger partial charge in [-0.2, -0.15) is 17.5 Å². The van der Waals surface area contributed by atoms with Gasteiger partial charge in [0.25, 0.3) is 0 Å². The molecule has 7 nitrogen and oxygen atoms in total. The third-order valence-corrected chi connectivity index (χ3v) is 6.66. The van der Waals surface area contributed by atoms with Gasteiger partial charge in [-0.1, -0.05) is 0 Å². The zero-order chi connectivity index (χ0) is 20.1. The number of rotatable bonds is 6. The Bertz CT molecular complexity index is 605. The van der Waals surface area contributed by atoms with E-state index in [0.717, 1.165) is 32.0 Å². The number of piperidine rings is 1. The van der Waals surface area contributed by atoms with Crippen LogP contribution in [0.1, 0.15) is 26.2 Å². The SMILES string of the molecule is CCNC(=NCC1CCN(S(=O)(=O)C(F)(F)F)CC1)N1CCC(COC)C1. The van der Waals surface area contributed by atoms with Gasteiger partial charge in [0.2, 0.25) is 0 Å². The molecule has 0 aliphatic carbocycles. The van der Waals surface area contributed by atoms with Gasteiger partial charge in [-0.15, -0.1) is 0 Å². The lowest BCUT2D eigenvalue weighted by Crippen LogP contribution is -2.45. The van der Waals surface area contributed by atoms with Crippen molar-refractivity contribution in [2.45, 2.75) is 31.7 Å². The van der Waals surface area contributed by atoms with Gasteiger partial charge in [0.15, 0.2) is 5.96 Å². The van der Waals surface area contributed by atoms with Crippen molar-refractivity contribution in [3.05, 3.63) is 0 Å². The fourth-order valence-electron chi connectivity index (χ4n) is 3.52. The number of methoxy groups -OCH3 is 1. The number of hydrogen-bond acceptors (Lipinski definition) is 4. The van der Waals surface area contributed by atoms with Crippen molar-refractivity contribution in [3.8, 4) is 0 Å².